The van der Waals surface area contributed by atoms with E-state index in [0.717, 1.165) is 4.73 Å². The Morgan fingerprint density at radius 1 is 1.58 bits per heavy atom. The van der Waals surface area contributed by atoms with Crippen molar-refractivity contribution in [3.63, 3.8) is 0 Å². The molecule has 66 valence electrons. The standard InChI is InChI=1S/C7H7BrFNO2/c8-6-1-2-7(11)10(5-6)12-4-3-9/h1-2,5H,3-4H2. The molecule has 0 N–H and O–H groups in total. The lowest BCUT2D eigenvalue weighted by atomic mass is 10.5. The number of pyridine rings is 1. The van der Waals surface area contributed by atoms with Gasteiger partial charge in [-0.15, -0.1) is 0 Å². The first-order valence-corrected chi connectivity index (χ1v) is 4.11. The second-order valence-corrected chi connectivity index (χ2v) is 2.95. The minimum atomic E-state index is -0.612. The van der Waals surface area contributed by atoms with Crippen molar-refractivity contribution in [2.45, 2.75) is 0 Å². The van der Waals surface area contributed by atoms with E-state index in [2.05, 4.69) is 15.9 Å². The van der Waals surface area contributed by atoms with Gasteiger partial charge in [0.15, 0.2) is 0 Å². The fraction of sp³-hybridized carbons (Fsp3) is 0.286. The largest absolute Gasteiger partial charge is 0.408 e. The van der Waals surface area contributed by atoms with Gasteiger partial charge < -0.3 is 4.84 Å². The Labute approximate surface area is 76.9 Å². The quantitative estimate of drug-likeness (QED) is 0.784. The highest BCUT2D eigenvalue weighted by atomic mass is 79.9. The maximum Gasteiger partial charge on any atom is 0.283 e. The molecule has 0 aliphatic heterocycles. The number of rotatable bonds is 3. The van der Waals surface area contributed by atoms with Crippen molar-refractivity contribution in [1.29, 1.82) is 0 Å². The first kappa shape index (κ1) is 9.25. The summed E-state index contributed by atoms with van der Waals surface area (Å²) in [7, 11) is 0. The van der Waals surface area contributed by atoms with Gasteiger partial charge in [-0.3, -0.25) is 4.79 Å². The Kier molecular flexibility index (Phi) is 3.28. The highest BCUT2D eigenvalue weighted by Gasteiger charge is 1.95. The van der Waals surface area contributed by atoms with Crippen molar-refractivity contribution in [2.75, 3.05) is 13.3 Å². The van der Waals surface area contributed by atoms with Crippen LogP contribution in [0.15, 0.2) is 27.6 Å². The predicted molar refractivity (Wildman–Crippen MR) is 45.8 cm³/mol. The average molecular weight is 236 g/mol. The van der Waals surface area contributed by atoms with E-state index in [9.17, 15) is 9.18 Å². The molecule has 0 atom stereocenters. The first-order valence-electron chi connectivity index (χ1n) is 3.31. The monoisotopic (exact) mass is 235 g/mol. The molecule has 0 unspecified atom stereocenters. The van der Waals surface area contributed by atoms with E-state index in [-0.39, 0.29) is 12.2 Å². The molecule has 0 aliphatic carbocycles. The SMILES string of the molecule is O=c1ccc(Br)cn1OCCF. The smallest absolute Gasteiger partial charge is 0.283 e. The molecule has 0 saturated heterocycles. The van der Waals surface area contributed by atoms with Crippen molar-refractivity contribution < 1.29 is 9.23 Å². The molecule has 1 heterocycles. The van der Waals surface area contributed by atoms with Crippen LogP contribution in [0.5, 0.6) is 0 Å². The Balaban J connectivity index is 2.83. The van der Waals surface area contributed by atoms with Crippen LogP contribution in [0, 0.1) is 0 Å². The van der Waals surface area contributed by atoms with Crippen molar-refractivity contribution in [1.82, 2.24) is 4.73 Å². The number of alkyl halides is 1. The van der Waals surface area contributed by atoms with Crippen LogP contribution in [0.1, 0.15) is 0 Å². The highest BCUT2D eigenvalue weighted by molar-refractivity contribution is 9.10. The fourth-order valence-corrected chi connectivity index (χ4v) is 0.995. The second kappa shape index (κ2) is 4.25. The van der Waals surface area contributed by atoms with Gasteiger partial charge in [-0.05, 0) is 22.0 Å². The molecule has 0 saturated carbocycles. The number of hydrogen-bond acceptors (Lipinski definition) is 2. The van der Waals surface area contributed by atoms with Gasteiger partial charge in [0.05, 0.1) is 6.20 Å². The zero-order valence-electron chi connectivity index (χ0n) is 6.17. The Morgan fingerprint density at radius 2 is 2.33 bits per heavy atom. The third-order valence-electron chi connectivity index (χ3n) is 1.15. The summed E-state index contributed by atoms with van der Waals surface area (Å²) in [5, 5.41) is 0. The molecule has 1 aromatic heterocycles. The van der Waals surface area contributed by atoms with Gasteiger partial charge in [0.1, 0.15) is 13.3 Å². The van der Waals surface area contributed by atoms with Crippen molar-refractivity contribution in [3.8, 4) is 0 Å². The third kappa shape index (κ3) is 2.34. The number of halogens is 2. The molecule has 12 heavy (non-hydrogen) atoms. The molecular weight excluding hydrogens is 229 g/mol. The van der Waals surface area contributed by atoms with Gasteiger partial charge in [0, 0.05) is 10.5 Å². The van der Waals surface area contributed by atoms with Crippen LogP contribution in [0.4, 0.5) is 4.39 Å². The van der Waals surface area contributed by atoms with Gasteiger partial charge in [0.25, 0.3) is 5.56 Å². The summed E-state index contributed by atoms with van der Waals surface area (Å²) < 4.78 is 13.4. The summed E-state index contributed by atoms with van der Waals surface area (Å²) in [4.78, 5) is 15.7. The molecule has 0 amide bonds. The lowest BCUT2D eigenvalue weighted by molar-refractivity contribution is 0.0896. The summed E-state index contributed by atoms with van der Waals surface area (Å²) in [6.45, 7) is -0.727. The van der Waals surface area contributed by atoms with E-state index in [0.29, 0.717) is 4.47 Å². The van der Waals surface area contributed by atoms with Gasteiger partial charge in [-0.2, -0.15) is 4.73 Å². The van der Waals surface area contributed by atoms with Crippen molar-refractivity contribution >= 4 is 15.9 Å². The Hall–Kier alpha value is -0.840. The van der Waals surface area contributed by atoms with E-state index in [1.165, 1.54) is 12.3 Å². The highest BCUT2D eigenvalue weighted by Crippen LogP contribution is 2.03. The lowest BCUT2D eigenvalue weighted by Gasteiger charge is -2.05. The number of aromatic nitrogens is 1. The summed E-state index contributed by atoms with van der Waals surface area (Å²) >= 11 is 3.15. The van der Waals surface area contributed by atoms with Crippen LogP contribution in [0.2, 0.25) is 0 Å². The molecule has 0 aliphatic rings. The normalized spacial score (nSPS) is 9.83. The number of nitrogens with zero attached hydrogens (tertiary/aromatic N) is 1. The summed E-state index contributed by atoms with van der Waals surface area (Å²) in [6, 6.07) is 2.93. The minimum Gasteiger partial charge on any atom is -0.408 e. The minimum absolute atomic E-state index is 0.115. The van der Waals surface area contributed by atoms with Crippen LogP contribution in [0.25, 0.3) is 0 Å². The van der Waals surface area contributed by atoms with Gasteiger partial charge in [0.2, 0.25) is 0 Å². The van der Waals surface area contributed by atoms with E-state index >= 15 is 0 Å². The summed E-state index contributed by atoms with van der Waals surface area (Å²) in [5.74, 6) is 0. The lowest BCUT2D eigenvalue weighted by Crippen LogP contribution is -2.26. The zero-order chi connectivity index (χ0) is 8.97. The Bertz CT molecular complexity index is 313. The van der Waals surface area contributed by atoms with Crippen LogP contribution in [-0.4, -0.2) is 18.0 Å². The molecule has 0 radical (unpaired) electrons. The average Bonchev–Trinajstić information content (AvgIpc) is 2.07. The predicted octanol–water partition coefficient (Wildman–Crippen LogP) is 1.01. The van der Waals surface area contributed by atoms with Crippen molar-refractivity contribution in [3.05, 3.63) is 33.2 Å². The van der Waals surface area contributed by atoms with Gasteiger partial charge in [-0.25, -0.2) is 4.39 Å². The summed E-state index contributed by atoms with van der Waals surface area (Å²) in [5.41, 5.74) is -0.313. The van der Waals surface area contributed by atoms with Crippen molar-refractivity contribution in [2.24, 2.45) is 0 Å². The van der Waals surface area contributed by atoms with Crippen LogP contribution in [0.3, 0.4) is 0 Å². The maximum atomic E-state index is 11.7. The zero-order valence-corrected chi connectivity index (χ0v) is 7.75. The molecule has 0 fully saturated rings. The first-order chi connectivity index (χ1) is 5.74. The van der Waals surface area contributed by atoms with Crippen LogP contribution < -0.4 is 10.4 Å². The van der Waals surface area contributed by atoms with E-state index in [1.54, 1.807) is 6.07 Å². The molecule has 0 spiro atoms. The van der Waals surface area contributed by atoms with Gasteiger partial charge in [-0.1, -0.05) is 0 Å². The molecular formula is C7H7BrFNO2. The number of hydrogen-bond donors (Lipinski definition) is 0. The van der Waals surface area contributed by atoms with Crippen LogP contribution >= 0.6 is 15.9 Å². The fourth-order valence-electron chi connectivity index (χ4n) is 0.677. The maximum absolute atomic E-state index is 11.7. The molecule has 5 heteroatoms. The third-order valence-corrected chi connectivity index (χ3v) is 1.62. The molecule has 0 aromatic carbocycles. The molecule has 1 aromatic rings. The van der Waals surface area contributed by atoms with Crippen LogP contribution in [-0.2, 0) is 0 Å². The second-order valence-electron chi connectivity index (χ2n) is 2.03. The molecule has 1 rings (SSSR count). The molecule has 3 nitrogen and oxygen atoms in total. The summed E-state index contributed by atoms with van der Waals surface area (Å²) in [6.07, 6.45) is 1.44. The Morgan fingerprint density at radius 3 is 3.00 bits per heavy atom. The van der Waals surface area contributed by atoms with E-state index in [1.807, 2.05) is 0 Å². The molecule has 0 bridgehead atoms. The van der Waals surface area contributed by atoms with Gasteiger partial charge >= 0.3 is 0 Å². The topological polar surface area (TPSA) is 31.2 Å². The van der Waals surface area contributed by atoms with E-state index in [4.69, 9.17) is 4.84 Å². The van der Waals surface area contributed by atoms with E-state index < -0.39 is 6.67 Å².